The van der Waals surface area contributed by atoms with Crippen LogP contribution in [0, 0.1) is 6.92 Å². The van der Waals surface area contributed by atoms with Crippen LogP contribution in [0.25, 0.3) is 0 Å². The Hall–Kier alpha value is -1.58. The fraction of sp³-hybridized carbons (Fsp3) is 0.600. The normalized spacial score (nSPS) is 20.1. The van der Waals surface area contributed by atoms with Gasteiger partial charge in [0.15, 0.2) is 0 Å². The van der Waals surface area contributed by atoms with Crippen LogP contribution in [-0.4, -0.2) is 28.6 Å². The first-order chi connectivity index (χ1) is 9.11. The molecular formula is C15H22N2O2. The van der Waals surface area contributed by atoms with Crippen LogP contribution in [0.1, 0.15) is 55.1 Å². The average Bonchev–Trinajstić information content (AvgIpc) is 2.62. The Balaban J connectivity index is 2.34. The maximum atomic E-state index is 11.2. The molecule has 0 aromatic carbocycles. The molecule has 0 amide bonds. The molecule has 1 aromatic rings. The molecule has 4 heteroatoms. The zero-order valence-electron chi connectivity index (χ0n) is 11.7. The quantitative estimate of drug-likeness (QED) is 0.908. The van der Waals surface area contributed by atoms with Gasteiger partial charge in [0.1, 0.15) is 5.82 Å². The minimum Gasteiger partial charge on any atom is -0.478 e. The lowest BCUT2D eigenvalue weighted by molar-refractivity contribution is 0.0696. The minimum absolute atomic E-state index is 0.335. The highest BCUT2D eigenvalue weighted by molar-refractivity contribution is 5.88. The van der Waals surface area contributed by atoms with Crippen molar-refractivity contribution in [1.82, 2.24) is 4.98 Å². The van der Waals surface area contributed by atoms with E-state index in [1.807, 2.05) is 6.92 Å². The number of anilines is 1. The first kappa shape index (κ1) is 13.8. The lowest BCUT2D eigenvalue weighted by Crippen LogP contribution is -2.35. The Bertz CT molecular complexity index is 459. The van der Waals surface area contributed by atoms with Gasteiger partial charge in [-0.25, -0.2) is 9.78 Å². The summed E-state index contributed by atoms with van der Waals surface area (Å²) in [4.78, 5) is 18.0. The number of aromatic carboxylic acids is 1. The molecule has 1 aromatic heterocycles. The predicted molar refractivity (Wildman–Crippen MR) is 75.8 cm³/mol. The number of hydrogen-bond acceptors (Lipinski definition) is 3. The summed E-state index contributed by atoms with van der Waals surface area (Å²) in [5.41, 5.74) is 1.11. The predicted octanol–water partition coefficient (Wildman–Crippen LogP) is 3.25. The highest BCUT2D eigenvalue weighted by Crippen LogP contribution is 2.25. The molecule has 1 aliphatic rings. The Morgan fingerprint density at radius 1 is 1.42 bits per heavy atom. The van der Waals surface area contributed by atoms with Gasteiger partial charge in [0.05, 0.1) is 5.56 Å². The molecule has 0 radical (unpaired) electrons. The van der Waals surface area contributed by atoms with Crippen LogP contribution in [0.2, 0.25) is 0 Å². The molecule has 4 nitrogen and oxygen atoms in total. The van der Waals surface area contributed by atoms with E-state index in [4.69, 9.17) is 5.11 Å². The molecule has 1 aliphatic heterocycles. The van der Waals surface area contributed by atoms with Crippen LogP contribution in [0.3, 0.4) is 0 Å². The molecule has 1 atom stereocenters. The second-order valence-electron chi connectivity index (χ2n) is 5.27. The molecule has 0 spiro atoms. The van der Waals surface area contributed by atoms with Gasteiger partial charge >= 0.3 is 5.97 Å². The summed E-state index contributed by atoms with van der Waals surface area (Å²) >= 11 is 0. The molecular weight excluding hydrogens is 240 g/mol. The molecule has 1 fully saturated rings. The Labute approximate surface area is 114 Å². The topological polar surface area (TPSA) is 53.4 Å². The van der Waals surface area contributed by atoms with Crippen molar-refractivity contribution in [2.45, 2.75) is 52.0 Å². The molecule has 2 heterocycles. The van der Waals surface area contributed by atoms with Crippen molar-refractivity contribution in [3.63, 3.8) is 0 Å². The SMILES string of the molecule is CCC1CCCCCN1c1cc(C(=O)O)cc(C)n1. The summed E-state index contributed by atoms with van der Waals surface area (Å²) in [5.74, 6) is -0.0548. The lowest BCUT2D eigenvalue weighted by Gasteiger charge is -2.30. The van der Waals surface area contributed by atoms with Crippen LogP contribution in [0.15, 0.2) is 12.1 Å². The van der Waals surface area contributed by atoms with Crippen LogP contribution in [0.5, 0.6) is 0 Å². The number of pyridine rings is 1. The molecule has 1 unspecified atom stereocenters. The summed E-state index contributed by atoms with van der Waals surface area (Å²) in [7, 11) is 0. The van der Waals surface area contributed by atoms with E-state index < -0.39 is 5.97 Å². The zero-order valence-corrected chi connectivity index (χ0v) is 11.7. The van der Waals surface area contributed by atoms with E-state index in [1.54, 1.807) is 12.1 Å². The highest BCUT2D eigenvalue weighted by atomic mass is 16.4. The number of carboxylic acid groups (broad SMARTS) is 1. The van der Waals surface area contributed by atoms with E-state index in [0.29, 0.717) is 11.6 Å². The van der Waals surface area contributed by atoms with Gasteiger partial charge in [0.25, 0.3) is 0 Å². The van der Waals surface area contributed by atoms with Crippen LogP contribution < -0.4 is 4.90 Å². The smallest absolute Gasteiger partial charge is 0.335 e. The van der Waals surface area contributed by atoms with Crippen molar-refractivity contribution in [3.8, 4) is 0 Å². The number of aryl methyl sites for hydroxylation is 1. The van der Waals surface area contributed by atoms with Gasteiger partial charge in [0, 0.05) is 18.3 Å². The van der Waals surface area contributed by atoms with Gasteiger partial charge in [-0.15, -0.1) is 0 Å². The first-order valence-corrected chi connectivity index (χ1v) is 7.10. The van der Waals surface area contributed by atoms with Crippen LogP contribution in [0.4, 0.5) is 5.82 Å². The maximum absolute atomic E-state index is 11.2. The van der Waals surface area contributed by atoms with Crippen LogP contribution >= 0.6 is 0 Å². The van der Waals surface area contributed by atoms with E-state index in [-0.39, 0.29) is 0 Å². The van der Waals surface area contributed by atoms with Crippen LogP contribution in [-0.2, 0) is 0 Å². The largest absolute Gasteiger partial charge is 0.478 e. The van der Waals surface area contributed by atoms with Gasteiger partial charge in [-0.05, 0) is 38.3 Å². The Kier molecular flexibility index (Phi) is 4.40. The Morgan fingerprint density at radius 2 is 2.21 bits per heavy atom. The molecule has 0 saturated carbocycles. The summed E-state index contributed by atoms with van der Waals surface area (Å²) in [5, 5.41) is 9.16. The Morgan fingerprint density at radius 3 is 2.89 bits per heavy atom. The number of hydrogen-bond donors (Lipinski definition) is 1. The second kappa shape index (κ2) is 6.04. The third-order valence-electron chi connectivity index (χ3n) is 3.83. The molecule has 19 heavy (non-hydrogen) atoms. The van der Waals surface area contributed by atoms with Gasteiger partial charge in [-0.3, -0.25) is 0 Å². The lowest BCUT2D eigenvalue weighted by atomic mass is 10.1. The molecule has 104 valence electrons. The van der Waals surface area contributed by atoms with Crippen molar-refractivity contribution < 1.29 is 9.90 Å². The summed E-state index contributed by atoms with van der Waals surface area (Å²) in [6, 6.07) is 3.83. The molecule has 1 N–H and O–H groups in total. The molecule has 2 rings (SSSR count). The first-order valence-electron chi connectivity index (χ1n) is 7.10. The monoisotopic (exact) mass is 262 g/mol. The standard InChI is InChI=1S/C15H22N2O2/c1-3-13-7-5-4-6-8-17(13)14-10-12(15(18)19)9-11(2)16-14/h9-10,13H,3-8H2,1-2H3,(H,18,19). The average molecular weight is 262 g/mol. The number of carbonyl (C=O) groups is 1. The van der Waals surface area contributed by atoms with Crippen molar-refractivity contribution in [1.29, 1.82) is 0 Å². The molecule has 0 aliphatic carbocycles. The van der Waals surface area contributed by atoms with E-state index in [9.17, 15) is 4.79 Å². The zero-order chi connectivity index (χ0) is 13.8. The van der Waals surface area contributed by atoms with Gasteiger partial charge in [-0.1, -0.05) is 19.8 Å². The fourth-order valence-electron chi connectivity index (χ4n) is 2.83. The van der Waals surface area contributed by atoms with Crippen molar-refractivity contribution >= 4 is 11.8 Å². The van der Waals surface area contributed by atoms with Crippen molar-refractivity contribution in [3.05, 3.63) is 23.4 Å². The highest BCUT2D eigenvalue weighted by Gasteiger charge is 2.21. The fourth-order valence-corrected chi connectivity index (χ4v) is 2.83. The number of nitrogens with zero attached hydrogens (tertiary/aromatic N) is 2. The number of rotatable bonds is 3. The third-order valence-corrected chi connectivity index (χ3v) is 3.83. The summed E-state index contributed by atoms with van der Waals surface area (Å²) in [6.07, 6.45) is 5.93. The summed E-state index contributed by atoms with van der Waals surface area (Å²) < 4.78 is 0. The van der Waals surface area contributed by atoms with Gasteiger partial charge in [0.2, 0.25) is 0 Å². The van der Waals surface area contributed by atoms with E-state index in [1.165, 1.54) is 19.3 Å². The van der Waals surface area contributed by atoms with Gasteiger partial charge in [-0.2, -0.15) is 0 Å². The molecule has 0 bridgehead atoms. The van der Waals surface area contributed by atoms with Crippen molar-refractivity contribution in [2.75, 3.05) is 11.4 Å². The van der Waals surface area contributed by atoms with E-state index >= 15 is 0 Å². The number of aromatic nitrogens is 1. The minimum atomic E-state index is -0.880. The summed E-state index contributed by atoms with van der Waals surface area (Å²) in [6.45, 7) is 5.03. The van der Waals surface area contributed by atoms with E-state index in [2.05, 4.69) is 16.8 Å². The third kappa shape index (κ3) is 3.25. The maximum Gasteiger partial charge on any atom is 0.335 e. The number of carboxylic acids is 1. The van der Waals surface area contributed by atoms with E-state index in [0.717, 1.165) is 30.9 Å². The second-order valence-corrected chi connectivity index (χ2v) is 5.27. The van der Waals surface area contributed by atoms with Gasteiger partial charge < -0.3 is 10.0 Å². The molecule has 1 saturated heterocycles. The van der Waals surface area contributed by atoms with Crippen molar-refractivity contribution in [2.24, 2.45) is 0 Å².